The number of hydrogen-bond donors (Lipinski definition) is 0. The summed E-state index contributed by atoms with van der Waals surface area (Å²) in [4.78, 5) is 0. The van der Waals surface area contributed by atoms with Crippen LogP contribution in [-0.2, 0) is 0 Å². The van der Waals surface area contributed by atoms with Gasteiger partial charge in [-0.1, -0.05) is 33.6 Å². The Hall–Kier alpha value is -1.50. The molecule has 0 radical (unpaired) electrons. The lowest BCUT2D eigenvalue weighted by atomic mass is 10.2. The topological polar surface area (TPSA) is 33.0 Å². The van der Waals surface area contributed by atoms with Gasteiger partial charge in [0.05, 0.1) is 10.6 Å². The van der Waals surface area contributed by atoms with Gasteiger partial charge in [0.15, 0.2) is 0 Å². The molecule has 2 rings (SSSR count). The van der Waals surface area contributed by atoms with E-state index in [1.807, 2.05) is 25.1 Å². The minimum absolute atomic E-state index is 0.460. The van der Waals surface area contributed by atoms with Gasteiger partial charge in [0, 0.05) is 4.47 Å². The van der Waals surface area contributed by atoms with Crippen LogP contribution < -0.4 is 4.74 Å². The molecule has 2 nitrogen and oxygen atoms in total. The van der Waals surface area contributed by atoms with Crippen molar-refractivity contribution in [2.45, 2.75) is 6.92 Å². The number of hydrogen-bond acceptors (Lipinski definition) is 2. The molecule has 0 aliphatic carbocycles. The molecule has 0 bridgehead atoms. The number of nitrogens with zero attached hydrogens (tertiary/aromatic N) is 1. The molecule has 0 fully saturated rings. The number of halogens is 2. The monoisotopic (exact) mass is 321 g/mol. The Morgan fingerprint density at radius 2 is 1.94 bits per heavy atom. The zero-order chi connectivity index (χ0) is 13.1. The summed E-state index contributed by atoms with van der Waals surface area (Å²) in [5.74, 6) is 1.05. The fourth-order valence-corrected chi connectivity index (χ4v) is 2.00. The molecule has 4 heteroatoms. The first-order chi connectivity index (χ1) is 8.60. The van der Waals surface area contributed by atoms with Crippen LogP contribution in [0.2, 0.25) is 5.02 Å². The third-order valence-corrected chi connectivity index (χ3v) is 3.17. The summed E-state index contributed by atoms with van der Waals surface area (Å²) < 4.78 is 6.53. The predicted molar refractivity (Wildman–Crippen MR) is 75.1 cm³/mol. The van der Waals surface area contributed by atoms with Gasteiger partial charge < -0.3 is 4.74 Å². The molecular formula is C14H9BrClNO. The summed E-state index contributed by atoms with van der Waals surface area (Å²) in [6.07, 6.45) is 0. The first-order valence-electron chi connectivity index (χ1n) is 5.24. The summed E-state index contributed by atoms with van der Waals surface area (Å²) >= 11 is 9.37. The minimum Gasteiger partial charge on any atom is -0.454 e. The van der Waals surface area contributed by atoms with Crippen molar-refractivity contribution < 1.29 is 4.74 Å². The van der Waals surface area contributed by atoms with Crippen LogP contribution in [0, 0.1) is 18.3 Å². The highest BCUT2D eigenvalue weighted by molar-refractivity contribution is 9.10. The molecule has 90 valence electrons. The summed E-state index contributed by atoms with van der Waals surface area (Å²) in [5, 5.41) is 9.58. The maximum absolute atomic E-state index is 9.06. The fourth-order valence-electron chi connectivity index (χ4n) is 1.49. The third-order valence-electron chi connectivity index (χ3n) is 2.37. The van der Waals surface area contributed by atoms with Crippen molar-refractivity contribution in [3.63, 3.8) is 0 Å². The maximum Gasteiger partial charge on any atom is 0.146 e. The molecule has 0 spiro atoms. The molecule has 0 atom stereocenters. The number of aryl methyl sites for hydroxylation is 1. The average Bonchev–Trinajstić information content (AvgIpc) is 2.36. The second-order valence-corrected chi connectivity index (χ2v) is 5.11. The van der Waals surface area contributed by atoms with E-state index >= 15 is 0 Å². The van der Waals surface area contributed by atoms with E-state index in [9.17, 15) is 0 Å². The van der Waals surface area contributed by atoms with Gasteiger partial charge in [-0.3, -0.25) is 0 Å². The van der Waals surface area contributed by atoms with Crippen molar-refractivity contribution in [2.75, 3.05) is 0 Å². The van der Waals surface area contributed by atoms with Gasteiger partial charge in [-0.15, -0.1) is 0 Å². The van der Waals surface area contributed by atoms with E-state index in [4.69, 9.17) is 21.6 Å². The molecule has 0 N–H and O–H groups in total. The molecule has 18 heavy (non-hydrogen) atoms. The van der Waals surface area contributed by atoms with E-state index < -0.39 is 0 Å². The largest absolute Gasteiger partial charge is 0.454 e. The average molecular weight is 323 g/mol. The van der Waals surface area contributed by atoms with Gasteiger partial charge >= 0.3 is 0 Å². The van der Waals surface area contributed by atoms with Crippen molar-refractivity contribution in [3.05, 3.63) is 57.0 Å². The first-order valence-corrected chi connectivity index (χ1v) is 6.41. The van der Waals surface area contributed by atoms with Crippen LogP contribution in [0.4, 0.5) is 0 Å². The lowest BCUT2D eigenvalue weighted by Gasteiger charge is -2.09. The van der Waals surface area contributed by atoms with Crippen molar-refractivity contribution in [2.24, 2.45) is 0 Å². The SMILES string of the molecule is Cc1ccc(Cl)c(Oc2ccc(Br)cc2C#N)c1. The quantitative estimate of drug-likeness (QED) is 0.773. The normalized spacial score (nSPS) is 9.89. The van der Waals surface area contributed by atoms with Crippen LogP contribution in [-0.4, -0.2) is 0 Å². The van der Waals surface area contributed by atoms with E-state index in [2.05, 4.69) is 22.0 Å². The van der Waals surface area contributed by atoms with Crippen molar-refractivity contribution >= 4 is 27.5 Å². The van der Waals surface area contributed by atoms with Gasteiger partial charge in [0.1, 0.15) is 17.6 Å². The van der Waals surface area contributed by atoms with Crippen molar-refractivity contribution in [3.8, 4) is 17.6 Å². The zero-order valence-electron chi connectivity index (χ0n) is 9.58. The van der Waals surface area contributed by atoms with Crippen LogP contribution in [0.15, 0.2) is 40.9 Å². The first kappa shape index (κ1) is 12.9. The Kier molecular flexibility index (Phi) is 3.90. The van der Waals surface area contributed by atoms with E-state index in [1.54, 1.807) is 18.2 Å². The standard InChI is InChI=1S/C14H9BrClNO/c1-9-2-4-12(16)14(6-9)18-13-5-3-11(15)7-10(13)8-17/h2-7H,1H3. The Morgan fingerprint density at radius 3 is 2.67 bits per heavy atom. The van der Waals surface area contributed by atoms with Gasteiger partial charge in [0.25, 0.3) is 0 Å². The molecule has 0 aromatic heterocycles. The van der Waals surface area contributed by atoms with Crippen molar-refractivity contribution in [1.82, 2.24) is 0 Å². The summed E-state index contributed by atoms with van der Waals surface area (Å²) in [6, 6.07) is 12.9. The predicted octanol–water partition coefficient (Wildman–Crippen LogP) is 5.07. The third kappa shape index (κ3) is 2.84. The van der Waals surface area contributed by atoms with Gasteiger partial charge in [0.2, 0.25) is 0 Å². The second-order valence-electron chi connectivity index (χ2n) is 3.79. The summed E-state index contributed by atoms with van der Waals surface area (Å²) in [7, 11) is 0. The van der Waals surface area contributed by atoms with E-state index in [0.717, 1.165) is 10.0 Å². The minimum atomic E-state index is 0.460. The van der Waals surface area contributed by atoms with E-state index in [1.165, 1.54) is 0 Å². The highest BCUT2D eigenvalue weighted by Gasteiger charge is 2.08. The molecule has 0 saturated carbocycles. The molecular weight excluding hydrogens is 314 g/mol. The van der Waals surface area contributed by atoms with Gasteiger partial charge in [-0.2, -0.15) is 5.26 Å². The zero-order valence-corrected chi connectivity index (χ0v) is 11.9. The number of ether oxygens (including phenoxy) is 1. The Morgan fingerprint density at radius 1 is 1.17 bits per heavy atom. The highest BCUT2D eigenvalue weighted by atomic mass is 79.9. The number of nitriles is 1. The van der Waals surface area contributed by atoms with Gasteiger partial charge in [-0.25, -0.2) is 0 Å². The number of benzene rings is 2. The Balaban J connectivity index is 2.40. The Bertz CT molecular complexity index is 634. The molecule has 0 saturated heterocycles. The van der Waals surface area contributed by atoms with Crippen LogP contribution >= 0.6 is 27.5 Å². The Labute approximate surface area is 119 Å². The van der Waals surface area contributed by atoms with Crippen LogP contribution in [0.3, 0.4) is 0 Å². The molecule has 0 aliphatic rings. The fraction of sp³-hybridized carbons (Fsp3) is 0.0714. The molecule has 2 aromatic carbocycles. The van der Waals surface area contributed by atoms with Crippen LogP contribution in [0.1, 0.15) is 11.1 Å². The molecule has 2 aromatic rings. The molecule has 0 heterocycles. The molecule has 0 aliphatic heterocycles. The van der Waals surface area contributed by atoms with E-state index in [-0.39, 0.29) is 0 Å². The smallest absolute Gasteiger partial charge is 0.146 e. The van der Waals surface area contributed by atoms with E-state index in [0.29, 0.717) is 22.1 Å². The number of rotatable bonds is 2. The molecule has 0 unspecified atom stereocenters. The van der Waals surface area contributed by atoms with Gasteiger partial charge in [-0.05, 0) is 42.8 Å². The summed E-state index contributed by atoms with van der Waals surface area (Å²) in [5.41, 5.74) is 1.51. The van der Waals surface area contributed by atoms with Crippen LogP contribution in [0.25, 0.3) is 0 Å². The van der Waals surface area contributed by atoms with Crippen LogP contribution in [0.5, 0.6) is 11.5 Å². The second kappa shape index (κ2) is 5.43. The summed E-state index contributed by atoms with van der Waals surface area (Å²) in [6.45, 7) is 1.95. The lowest BCUT2D eigenvalue weighted by Crippen LogP contribution is -1.89. The molecule has 0 amide bonds. The maximum atomic E-state index is 9.06. The highest BCUT2D eigenvalue weighted by Crippen LogP contribution is 2.32. The van der Waals surface area contributed by atoms with Crippen molar-refractivity contribution in [1.29, 1.82) is 5.26 Å². The lowest BCUT2D eigenvalue weighted by molar-refractivity contribution is 0.481.